The van der Waals surface area contributed by atoms with Crippen molar-refractivity contribution in [2.75, 3.05) is 11.9 Å². The monoisotopic (exact) mass is 287 g/mol. The fourth-order valence-corrected chi connectivity index (χ4v) is 3.03. The predicted octanol–water partition coefficient (Wildman–Crippen LogP) is 4.34. The topological polar surface area (TPSA) is 21.1 Å². The molecule has 2 heterocycles. The first kappa shape index (κ1) is 12.9. The predicted molar refractivity (Wildman–Crippen MR) is 92.1 cm³/mol. The number of hydrogen-bond donors (Lipinski definition) is 0. The highest BCUT2D eigenvalue weighted by atomic mass is 15.3. The molecule has 3 nitrogen and oxygen atoms in total. The average molecular weight is 287 g/mol. The van der Waals surface area contributed by atoms with Crippen LogP contribution in [0.15, 0.2) is 54.7 Å². The number of fused-ring (bicyclic) bond motifs is 2. The van der Waals surface area contributed by atoms with Gasteiger partial charge in [0.1, 0.15) is 0 Å². The second-order valence-electron chi connectivity index (χ2n) is 5.56. The number of para-hydroxylation sites is 1. The molecule has 2 aromatic carbocycles. The van der Waals surface area contributed by atoms with Crippen LogP contribution in [0.2, 0.25) is 0 Å². The van der Waals surface area contributed by atoms with Crippen LogP contribution in [0.5, 0.6) is 0 Å². The molecule has 1 aliphatic rings. The Kier molecular flexibility index (Phi) is 2.86. The van der Waals surface area contributed by atoms with Gasteiger partial charge in [0.2, 0.25) is 0 Å². The van der Waals surface area contributed by atoms with Crippen LogP contribution in [0, 0.1) is 0 Å². The highest BCUT2D eigenvalue weighted by Crippen LogP contribution is 2.37. The largest absolute Gasteiger partial charge is 0.344 e. The fraction of sp³-hybridized carbons (Fsp3) is 0.105. The first-order valence-electron chi connectivity index (χ1n) is 7.37. The van der Waals surface area contributed by atoms with Crippen LogP contribution >= 0.6 is 0 Å². The molecule has 0 unspecified atom stereocenters. The summed E-state index contributed by atoms with van der Waals surface area (Å²) in [7, 11) is 4.09. The molecular weight excluding hydrogens is 270 g/mol. The van der Waals surface area contributed by atoms with E-state index in [-0.39, 0.29) is 0 Å². The molecule has 22 heavy (non-hydrogen) atoms. The first-order chi connectivity index (χ1) is 10.7. The molecular formula is C19H17N3. The summed E-state index contributed by atoms with van der Waals surface area (Å²) in [6.45, 7) is 0. The van der Waals surface area contributed by atoms with Gasteiger partial charge in [0, 0.05) is 37.2 Å². The standard InChI is InChI=1S/C19H17N3/c1-21-17-6-4-3-5-14(17)7-8-15-9-10-16(13-19(15)21)18-11-12-20-22(18)2/h3-13H,1-2H3. The van der Waals surface area contributed by atoms with Gasteiger partial charge in [0.15, 0.2) is 0 Å². The van der Waals surface area contributed by atoms with Gasteiger partial charge in [0.25, 0.3) is 0 Å². The van der Waals surface area contributed by atoms with Crippen molar-refractivity contribution in [2.45, 2.75) is 0 Å². The number of rotatable bonds is 1. The number of aryl methyl sites for hydroxylation is 1. The van der Waals surface area contributed by atoms with E-state index in [1.807, 2.05) is 24.0 Å². The summed E-state index contributed by atoms with van der Waals surface area (Å²) in [6.07, 6.45) is 6.20. The van der Waals surface area contributed by atoms with Crippen molar-refractivity contribution in [2.24, 2.45) is 7.05 Å². The van der Waals surface area contributed by atoms with Crippen molar-refractivity contribution in [3.8, 4) is 11.3 Å². The second-order valence-corrected chi connectivity index (χ2v) is 5.56. The van der Waals surface area contributed by atoms with Crippen LogP contribution < -0.4 is 4.90 Å². The van der Waals surface area contributed by atoms with Crippen molar-refractivity contribution in [1.82, 2.24) is 9.78 Å². The Balaban J connectivity index is 1.89. The fourth-order valence-electron chi connectivity index (χ4n) is 3.03. The summed E-state index contributed by atoms with van der Waals surface area (Å²) in [5.41, 5.74) is 7.20. The Morgan fingerprint density at radius 3 is 2.36 bits per heavy atom. The van der Waals surface area contributed by atoms with Crippen molar-refractivity contribution in [3.63, 3.8) is 0 Å². The average Bonchev–Trinajstić information content (AvgIpc) is 2.92. The van der Waals surface area contributed by atoms with Crippen molar-refractivity contribution in [1.29, 1.82) is 0 Å². The van der Waals surface area contributed by atoms with Crippen LogP contribution in [0.4, 0.5) is 11.4 Å². The van der Waals surface area contributed by atoms with Gasteiger partial charge in [-0.3, -0.25) is 4.68 Å². The van der Waals surface area contributed by atoms with Crippen LogP contribution in [0.1, 0.15) is 11.1 Å². The van der Waals surface area contributed by atoms with Crippen molar-refractivity contribution in [3.05, 3.63) is 65.9 Å². The molecule has 1 aliphatic heterocycles. The van der Waals surface area contributed by atoms with Crippen LogP contribution in [-0.2, 0) is 7.05 Å². The van der Waals surface area contributed by atoms with Crippen molar-refractivity contribution < 1.29 is 0 Å². The van der Waals surface area contributed by atoms with Gasteiger partial charge in [-0.1, -0.05) is 42.5 Å². The number of aromatic nitrogens is 2. The third-order valence-corrected chi connectivity index (χ3v) is 4.25. The molecule has 0 saturated carbocycles. The van der Waals surface area contributed by atoms with Crippen LogP contribution in [0.3, 0.4) is 0 Å². The quantitative estimate of drug-likeness (QED) is 0.664. The maximum atomic E-state index is 4.27. The lowest BCUT2D eigenvalue weighted by molar-refractivity contribution is 0.776. The molecule has 108 valence electrons. The molecule has 4 rings (SSSR count). The van der Waals surface area contributed by atoms with E-state index in [9.17, 15) is 0 Å². The van der Waals surface area contributed by atoms with Gasteiger partial charge in [-0.05, 0) is 29.3 Å². The molecule has 1 aromatic heterocycles. The summed E-state index contributed by atoms with van der Waals surface area (Å²) in [5.74, 6) is 0. The molecule has 0 N–H and O–H groups in total. The van der Waals surface area contributed by atoms with Gasteiger partial charge in [-0.25, -0.2) is 0 Å². The summed E-state index contributed by atoms with van der Waals surface area (Å²) >= 11 is 0. The minimum Gasteiger partial charge on any atom is -0.344 e. The van der Waals surface area contributed by atoms with Crippen LogP contribution in [0.25, 0.3) is 23.4 Å². The molecule has 0 bridgehead atoms. The Labute approximate surface area is 130 Å². The maximum Gasteiger partial charge on any atom is 0.0679 e. The lowest BCUT2D eigenvalue weighted by atomic mass is 10.1. The van der Waals surface area contributed by atoms with Gasteiger partial charge in [-0.2, -0.15) is 5.10 Å². The molecule has 0 amide bonds. The Morgan fingerprint density at radius 1 is 0.818 bits per heavy atom. The lowest BCUT2D eigenvalue weighted by Gasteiger charge is -2.22. The zero-order valence-corrected chi connectivity index (χ0v) is 12.7. The number of anilines is 2. The van der Waals surface area contributed by atoms with Gasteiger partial charge in [-0.15, -0.1) is 0 Å². The molecule has 0 saturated heterocycles. The molecule has 3 aromatic rings. The summed E-state index contributed by atoms with van der Waals surface area (Å²) in [6, 6.07) is 17.1. The smallest absolute Gasteiger partial charge is 0.0679 e. The van der Waals surface area contributed by atoms with E-state index in [1.165, 1.54) is 28.1 Å². The van der Waals surface area contributed by atoms with E-state index in [0.29, 0.717) is 0 Å². The Morgan fingerprint density at radius 2 is 1.59 bits per heavy atom. The van der Waals surface area contributed by atoms with E-state index in [4.69, 9.17) is 0 Å². The molecule has 0 aliphatic carbocycles. The molecule has 0 spiro atoms. The van der Waals surface area contributed by atoms with Gasteiger partial charge < -0.3 is 4.90 Å². The molecule has 0 atom stereocenters. The van der Waals surface area contributed by atoms with Gasteiger partial charge in [0.05, 0.1) is 5.69 Å². The Bertz CT molecular complexity index is 874. The highest BCUT2D eigenvalue weighted by molar-refractivity contribution is 5.90. The van der Waals surface area contributed by atoms with E-state index >= 15 is 0 Å². The molecule has 0 radical (unpaired) electrons. The second kappa shape index (κ2) is 4.88. The third-order valence-electron chi connectivity index (χ3n) is 4.25. The summed E-state index contributed by atoms with van der Waals surface area (Å²) < 4.78 is 1.90. The third kappa shape index (κ3) is 1.94. The highest BCUT2D eigenvalue weighted by Gasteiger charge is 2.15. The van der Waals surface area contributed by atoms with Crippen LogP contribution in [-0.4, -0.2) is 16.8 Å². The van der Waals surface area contributed by atoms with E-state index in [2.05, 4.69) is 71.7 Å². The van der Waals surface area contributed by atoms with Gasteiger partial charge >= 0.3 is 0 Å². The first-order valence-corrected chi connectivity index (χ1v) is 7.37. The maximum absolute atomic E-state index is 4.27. The van der Waals surface area contributed by atoms with Crippen molar-refractivity contribution >= 4 is 23.5 Å². The number of hydrogen-bond acceptors (Lipinski definition) is 2. The lowest BCUT2D eigenvalue weighted by Crippen LogP contribution is -2.11. The van der Waals surface area contributed by atoms with E-state index in [1.54, 1.807) is 0 Å². The summed E-state index contributed by atoms with van der Waals surface area (Å²) in [5, 5.41) is 4.27. The number of nitrogens with zero attached hydrogens (tertiary/aromatic N) is 3. The number of benzene rings is 2. The minimum absolute atomic E-state index is 1.12. The SMILES string of the molecule is CN1c2ccccc2C=Cc2ccc(-c3ccnn3C)cc21. The van der Waals surface area contributed by atoms with E-state index < -0.39 is 0 Å². The zero-order valence-electron chi connectivity index (χ0n) is 12.7. The minimum atomic E-state index is 1.12. The summed E-state index contributed by atoms with van der Waals surface area (Å²) in [4.78, 5) is 2.25. The molecule has 0 fully saturated rings. The zero-order chi connectivity index (χ0) is 15.1. The Hall–Kier alpha value is -2.81. The molecule has 3 heteroatoms. The normalized spacial score (nSPS) is 12.7. The van der Waals surface area contributed by atoms with E-state index in [0.717, 1.165) is 5.69 Å².